The highest BCUT2D eigenvalue weighted by Crippen LogP contribution is 2.26. The van der Waals surface area contributed by atoms with E-state index < -0.39 is 10.8 Å². The first-order chi connectivity index (χ1) is 11.0. The molecule has 0 bridgehead atoms. The molecule has 1 aliphatic heterocycles. The van der Waals surface area contributed by atoms with Crippen LogP contribution >= 0.6 is 0 Å². The zero-order valence-electron chi connectivity index (χ0n) is 13.4. The second kappa shape index (κ2) is 6.66. The van der Waals surface area contributed by atoms with E-state index in [4.69, 9.17) is 0 Å². The van der Waals surface area contributed by atoms with Gasteiger partial charge in [0.25, 0.3) is 5.91 Å². The largest absolute Gasteiger partial charge is 0.346 e. The van der Waals surface area contributed by atoms with Crippen molar-refractivity contribution in [2.45, 2.75) is 38.1 Å². The Morgan fingerprint density at radius 3 is 2.87 bits per heavy atom. The Labute approximate surface area is 135 Å². The highest BCUT2D eigenvalue weighted by molar-refractivity contribution is 5.96. The van der Waals surface area contributed by atoms with Crippen molar-refractivity contribution in [1.29, 1.82) is 0 Å². The summed E-state index contributed by atoms with van der Waals surface area (Å²) in [5.41, 5.74) is -0.227. The standard InChI is InChI=1S/C15H23N5O3/c1-18-14(13(8-16-18)20(22)23)15(21)17-12-6-7-19(10-12)9-11-4-2-3-5-11/h8,11-12H,2-7,9-10H2,1H3,(H,17,21)/t12-/m1/s1. The molecule has 0 aromatic carbocycles. The lowest BCUT2D eigenvalue weighted by Gasteiger charge is -2.20. The Morgan fingerprint density at radius 2 is 2.17 bits per heavy atom. The number of nitrogens with one attached hydrogen (secondary N) is 1. The smallest absolute Gasteiger partial charge is 0.320 e. The summed E-state index contributed by atoms with van der Waals surface area (Å²) in [4.78, 5) is 25.2. The molecule has 1 aliphatic carbocycles. The lowest BCUT2D eigenvalue weighted by molar-refractivity contribution is -0.385. The zero-order valence-corrected chi connectivity index (χ0v) is 13.4. The topological polar surface area (TPSA) is 93.3 Å². The van der Waals surface area contributed by atoms with E-state index in [-0.39, 0.29) is 17.4 Å². The molecule has 0 unspecified atom stereocenters. The van der Waals surface area contributed by atoms with Crippen molar-refractivity contribution < 1.29 is 9.72 Å². The summed E-state index contributed by atoms with van der Waals surface area (Å²) in [6.45, 7) is 2.92. The minimum absolute atomic E-state index is 0.0178. The van der Waals surface area contributed by atoms with Crippen LogP contribution in [0.4, 0.5) is 5.69 Å². The number of hydrogen-bond acceptors (Lipinski definition) is 5. The molecule has 1 aromatic rings. The predicted molar refractivity (Wildman–Crippen MR) is 84.1 cm³/mol. The van der Waals surface area contributed by atoms with Crippen molar-refractivity contribution in [2.24, 2.45) is 13.0 Å². The summed E-state index contributed by atoms with van der Waals surface area (Å²) in [5.74, 6) is 0.382. The predicted octanol–water partition coefficient (Wildman–Crippen LogP) is 1.32. The van der Waals surface area contributed by atoms with E-state index in [2.05, 4.69) is 15.3 Å². The van der Waals surface area contributed by atoms with Crippen LogP contribution in [0.15, 0.2) is 6.20 Å². The first-order valence-electron chi connectivity index (χ1n) is 8.24. The molecule has 1 N–H and O–H groups in total. The van der Waals surface area contributed by atoms with E-state index in [1.807, 2.05) is 0 Å². The van der Waals surface area contributed by atoms with Crippen molar-refractivity contribution >= 4 is 11.6 Å². The molecule has 23 heavy (non-hydrogen) atoms. The average Bonchev–Trinajstić information content (AvgIpc) is 3.21. The third kappa shape index (κ3) is 3.52. The van der Waals surface area contributed by atoms with E-state index in [0.29, 0.717) is 0 Å². The van der Waals surface area contributed by atoms with Gasteiger partial charge in [0, 0.05) is 32.7 Å². The number of amides is 1. The maximum atomic E-state index is 12.4. The van der Waals surface area contributed by atoms with E-state index in [1.165, 1.54) is 30.4 Å². The van der Waals surface area contributed by atoms with Crippen LogP contribution in [0.25, 0.3) is 0 Å². The second-order valence-corrected chi connectivity index (χ2v) is 6.63. The molecule has 126 valence electrons. The Bertz CT molecular complexity index is 594. The summed E-state index contributed by atoms with van der Waals surface area (Å²) in [6, 6.07) is 0.0541. The molecule has 2 aliphatic rings. The first kappa shape index (κ1) is 15.9. The van der Waals surface area contributed by atoms with Gasteiger partial charge in [0.05, 0.1) is 4.92 Å². The lowest BCUT2D eigenvalue weighted by Crippen LogP contribution is -2.38. The van der Waals surface area contributed by atoms with Crippen LogP contribution < -0.4 is 5.32 Å². The maximum Gasteiger partial charge on any atom is 0.320 e. The minimum atomic E-state index is -0.567. The molecular weight excluding hydrogens is 298 g/mol. The molecule has 1 aromatic heterocycles. The normalized spacial score (nSPS) is 22.6. The van der Waals surface area contributed by atoms with Gasteiger partial charge >= 0.3 is 5.69 Å². The van der Waals surface area contributed by atoms with E-state index >= 15 is 0 Å². The number of carbonyl (C=O) groups excluding carboxylic acids is 1. The highest BCUT2D eigenvalue weighted by Gasteiger charge is 2.30. The number of hydrogen-bond donors (Lipinski definition) is 1. The van der Waals surface area contributed by atoms with Crippen LogP contribution in [0.1, 0.15) is 42.6 Å². The van der Waals surface area contributed by atoms with Gasteiger partial charge in [-0.1, -0.05) is 12.8 Å². The fourth-order valence-electron chi connectivity index (χ4n) is 3.75. The fraction of sp³-hybridized carbons (Fsp3) is 0.733. The summed E-state index contributed by atoms with van der Waals surface area (Å²) in [5, 5.41) is 17.7. The van der Waals surface area contributed by atoms with E-state index in [0.717, 1.165) is 38.2 Å². The molecule has 3 rings (SSSR count). The summed E-state index contributed by atoms with van der Waals surface area (Å²) < 4.78 is 1.26. The van der Waals surface area contributed by atoms with E-state index in [1.54, 1.807) is 7.05 Å². The number of aryl methyl sites for hydroxylation is 1. The monoisotopic (exact) mass is 321 g/mol. The Morgan fingerprint density at radius 1 is 1.43 bits per heavy atom. The van der Waals surface area contributed by atoms with Crippen molar-refractivity contribution in [2.75, 3.05) is 19.6 Å². The van der Waals surface area contributed by atoms with Crippen LogP contribution in [0.5, 0.6) is 0 Å². The van der Waals surface area contributed by atoms with Gasteiger partial charge in [-0.2, -0.15) is 5.10 Å². The fourth-order valence-corrected chi connectivity index (χ4v) is 3.75. The van der Waals surface area contributed by atoms with Crippen molar-refractivity contribution in [1.82, 2.24) is 20.0 Å². The molecule has 2 heterocycles. The van der Waals surface area contributed by atoms with Crippen molar-refractivity contribution in [3.05, 3.63) is 22.0 Å². The third-order valence-corrected chi connectivity index (χ3v) is 4.93. The third-order valence-electron chi connectivity index (χ3n) is 4.93. The van der Waals surface area contributed by atoms with Crippen LogP contribution in [0, 0.1) is 16.0 Å². The van der Waals surface area contributed by atoms with Crippen molar-refractivity contribution in [3.63, 3.8) is 0 Å². The maximum absolute atomic E-state index is 12.4. The number of nitrogens with zero attached hydrogens (tertiary/aromatic N) is 4. The number of nitro groups is 1. The molecular formula is C15H23N5O3. The SMILES string of the molecule is Cn1ncc([N+](=O)[O-])c1C(=O)N[C@@H]1CCN(CC2CCCC2)C1. The molecule has 0 radical (unpaired) electrons. The van der Waals surface area contributed by atoms with Crippen LogP contribution in [-0.4, -0.2) is 51.2 Å². The summed E-state index contributed by atoms with van der Waals surface area (Å²) >= 11 is 0. The van der Waals surface area contributed by atoms with Crippen molar-refractivity contribution in [3.8, 4) is 0 Å². The summed E-state index contributed by atoms with van der Waals surface area (Å²) in [6.07, 6.45) is 7.31. The van der Waals surface area contributed by atoms with Gasteiger partial charge in [-0.15, -0.1) is 0 Å². The minimum Gasteiger partial charge on any atom is -0.346 e. The van der Waals surface area contributed by atoms with Gasteiger partial charge in [0.2, 0.25) is 5.69 Å². The van der Waals surface area contributed by atoms with Crippen LogP contribution in [0.3, 0.4) is 0 Å². The number of likely N-dealkylation sites (tertiary alicyclic amines) is 1. The molecule has 8 nitrogen and oxygen atoms in total. The van der Waals surface area contributed by atoms with Gasteiger partial charge in [-0.05, 0) is 25.2 Å². The van der Waals surface area contributed by atoms with Crippen LogP contribution in [0.2, 0.25) is 0 Å². The van der Waals surface area contributed by atoms with Gasteiger partial charge in [0.15, 0.2) is 0 Å². The van der Waals surface area contributed by atoms with Crippen LogP contribution in [-0.2, 0) is 7.05 Å². The lowest BCUT2D eigenvalue weighted by atomic mass is 10.1. The zero-order chi connectivity index (χ0) is 16.4. The number of aromatic nitrogens is 2. The number of carbonyl (C=O) groups is 1. The van der Waals surface area contributed by atoms with E-state index in [9.17, 15) is 14.9 Å². The van der Waals surface area contributed by atoms with Gasteiger partial charge < -0.3 is 10.2 Å². The molecule has 2 fully saturated rings. The van der Waals surface area contributed by atoms with Gasteiger partial charge in [-0.25, -0.2) is 0 Å². The first-order valence-corrected chi connectivity index (χ1v) is 8.24. The molecule has 1 saturated heterocycles. The Balaban J connectivity index is 1.56. The second-order valence-electron chi connectivity index (χ2n) is 6.63. The quantitative estimate of drug-likeness (QED) is 0.652. The molecule has 1 atom stereocenters. The Hall–Kier alpha value is -1.96. The van der Waals surface area contributed by atoms with Gasteiger partial charge in [0.1, 0.15) is 6.20 Å². The molecule has 0 spiro atoms. The average molecular weight is 321 g/mol. The number of rotatable bonds is 5. The summed E-state index contributed by atoms with van der Waals surface area (Å²) in [7, 11) is 1.54. The highest BCUT2D eigenvalue weighted by atomic mass is 16.6. The van der Waals surface area contributed by atoms with Gasteiger partial charge in [-0.3, -0.25) is 19.6 Å². The molecule has 1 saturated carbocycles. The Kier molecular flexibility index (Phi) is 4.61. The molecule has 8 heteroatoms. The molecule has 1 amide bonds.